The summed E-state index contributed by atoms with van der Waals surface area (Å²) >= 11 is 0. The highest BCUT2D eigenvalue weighted by Gasteiger charge is 2.47. The molecule has 2 rings (SSSR count). The van der Waals surface area contributed by atoms with Crippen LogP contribution in [0, 0.1) is 0 Å². The van der Waals surface area contributed by atoms with Gasteiger partial charge in [0.15, 0.2) is 0 Å². The molecule has 1 heterocycles. The topological polar surface area (TPSA) is 75.8 Å². The van der Waals surface area contributed by atoms with E-state index in [4.69, 9.17) is 10.5 Å². The van der Waals surface area contributed by atoms with Crippen LogP contribution in [0.4, 0.5) is 0 Å². The monoisotopic (exact) mass is 270 g/mol. The number of carbonyl (C=O) groups is 1. The predicted molar refractivity (Wildman–Crippen MR) is 73.0 cm³/mol. The Balaban J connectivity index is 2.09. The van der Waals surface area contributed by atoms with Crippen LogP contribution >= 0.6 is 0 Å². The molecule has 0 aromatic heterocycles. The largest absolute Gasteiger partial charge is 0.480 e. The Morgan fingerprint density at radius 2 is 1.79 bits per heavy atom. The first-order valence-electron chi connectivity index (χ1n) is 7.00. The second kappa shape index (κ2) is 4.43. The molecule has 2 unspecified atom stereocenters. The van der Waals surface area contributed by atoms with Gasteiger partial charge in [-0.3, -0.25) is 9.69 Å². The summed E-state index contributed by atoms with van der Waals surface area (Å²) in [5.41, 5.74) is 4.53. The predicted octanol–water partition coefficient (Wildman–Crippen LogP) is 1.21. The van der Waals surface area contributed by atoms with Gasteiger partial charge in [-0.2, -0.15) is 0 Å². The molecule has 19 heavy (non-hydrogen) atoms. The number of ether oxygens (including phenoxy) is 1. The van der Waals surface area contributed by atoms with Gasteiger partial charge >= 0.3 is 5.97 Å². The molecule has 1 saturated heterocycles. The molecule has 110 valence electrons. The lowest BCUT2D eigenvalue weighted by Gasteiger charge is -2.49. The van der Waals surface area contributed by atoms with Crippen LogP contribution in [0.2, 0.25) is 0 Å². The first kappa shape index (κ1) is 14.8. The summed E-state index contributed by atoms with van der Waals surface area (Å²) in [4.78, 5) is 13.6. The molecule has 0 aromatic rings. The number of morpholine rings is 1. The minimum absolute atomic E-state index is 0.204. The molecular weight excluding hydrogens is 244 g/mol. The fraction of sp³-hybridized carbons (Fsp3) is 0.929. The van der Waals surface area contributed by atoms with Crippen molar-refractivity contribution in [3.05, 3.63) is 0 Å². The van der Waals surface area contributed by atoms with Crippen LogP contribution in [-0.2, 0) is 9.53 Å². The van der Waals surface area contributed by atoms with E-state index in [-0.39, 0.29) is 17.2 Å². The van der Waals surface area contributed by atoms with Crippen LogP contribution in [0.25, 0.3) is 0 Å². The van der Waals surface area contributed by atoms with Crippen LogP contribution in [0.3, 0.4) is 0 Å². The third-order valence-corrected chi connectivity index (χ3v) is 4.19. The first-order valence-corrected chi connectivity index (χ1v) is 7.00. The molecule has 0 bridgehead atoms. The molecule has 0 spiro atoms. The zero-order valence-electron chi connectivity index (χ0n) is 12.4. The third kappa shape index (κ3) is 3.09. The Hall–Kier alpha value is -0.650. The maximum atomic E-state index is 11.2. The molecule has 0 aromatic carbocycles. The van der Waals surface area contributed by atoms with E-state index < -0.39 is 11.5 Å². The lowest BCUT2D eigenvalue weighted by Crippen LogP contribution is -2.60. The molecule has 0 amide bonds. The van der Waals surface area contributed by atoms with Gasteiger partial charge < -0.3 is 15.6 Å². The highest BCUT2D eigenvalue weighted by atomic mass is 16.5. The van der Waals surface area contributed by atoms with Gasteiger partial charge in [0, 0.05) is 19.1 Å². The molecule has 2 aliphatic rings. The summed E-state index contributed by atoms with van der Waals surface area (Å²) in [6, 6.07) is 0.253. The Kier molecular flexibility index (Phi) is 3.44. The maximum absolute atomic E-state index is 11.2. The van der Waals surface area contributed by atoms with Crippen molar-refractivity contribution in [2.45, 2.75) is 69.7 Å². The lowest BCUT2D eigenvalue weighted by atomic mass is 9.95. The van der Waals surface area contributed by atoms with Crippen LogP contribution in [0.1, 0.15) is 47.0 Å². The zero-order valence-corrected chi connectivity index (χ0v) is 12.4. The van der Waals surface area contributed by atoms with Crippen LogP contribution < -0.4 is 5.73 Å². The molecule has 2 atom stereocenters. The van der Waals surface area contributed by atoms with Gasteiger partial charge in [0.25, 0.3) is 0 Å². The second-order valence-corrected chi connectivity index (χ2v) is 7.38. The van der Waals surface area contributed by atoms with E-state index in [1.807, 2.05) is 0 Å². The van der Waals surface area contributed by atoms with Gasteiger partial charge in [-0.05, 0) is 47.0 Å². The zero-order chi connectivity index (χ0) is 14.5. The highest BCUT2D eigenvalue weighted by molar-refractivity contribution is 5.79. The smallest absolute Gasteiger partial charge is 0.323 e. The van der Waals surface area contributed by atoms with E-state index in [0.717, 1.165) is 19.5 Å². The van der Waals surface area contributed by atoms with Crippen LogP contribution in [-0.4, -0.2) is 51.8 Å². The molecule has 5 heteroatoms. The molecular formula is C14H26N2O3. The number of aliphatic carboxylic acids is 1. The van der Waals surface area contributed by atoms with Crippen molar-refractivity contribution in [3.8, 4) is 0 Å². The number of nitrogens with zero attached hydrogens (tertiary/aromatic N) is 1. The summed E-state index contributed by atoms with van der Waals surface area (Å²) in [7, 11) is 0. The molecule has 2 fully saturated rings. The Morgan fingerprint density at radius 1 is 1.26 bits per heavy atom. The Bertz CT molecular complexity index is 365. The number of hydrogen-bond donors (Lipinski definition) is 2. The van der Waals surface area contributed by atoms with Crippen molar-refractivity contribution in [1.82, 2.24) is 4.90 Å². The molecule has 3 N–H and O–H groups in total. The van der Waals surface area contributed by atoms with Crippen molar-refractivity contribution in [2.75, 3.05) is 13.1 Å². The minimum atomic E-state index is -1.04. The van der Waals surface area contributed by atoms with E-state index in [9.17, 15) is 9.90 Å². The first-order chi connectivity index (χ1) is 8.53. The van der Waals surface area contributed by atoms with E-state index in [0.29, 0.717) is 12.8 Å². The van der Waals surface area contributed by atoms with Crippen molar-refractivity contribution < 1.29 is 14.6 Å². The standard InChI is InChI=1S/C14H26N2O3/c1-12(2)8-16(9-13(3,4)19-12)10-5-6-14(15,7-10)11(17)18/h10H,5-9,15H2,1-4H3,(H,17,18). The van der Waals surface area contributed by atoms with Crippen molar-refractivity contribution in [1.29, 1.82) is 0 Å². The minimum Gasteiger partial charge on any atom is -0.480 e. The molecule has 1 aliphatic heterocycles. The summed E-state index contributed by atoms with van der Waals surface area (Å²) < 4.78 is 6.06. The number of hydrogen-bond acceptors (Lipinski definition) is 4. The third-order valence-electron chi connectivity index (χ3n) is 4.19. The molecule has 0 radical (unpaired) electrons. The number of carboxylic acid groups (broad SMARTS) is 1. The average Bonchev–Trinajstić information content (AvgIpc) is 2.57. The van der Waals surface area contributed by atoms with E-state index >= 15 is 0 Å². The van der Waals surface area contributed by atoms with Gasteiger partial charge in [-0.1, -0.05) is 0 Å². The van der Waals surface area contributed by atoms with Crippen LogP contribution in [0.5, 0.6) is 0 Å². The summed E-state index contributed by atoms with van der Waals surface area (Å²) in [5.74, 6) is -0.873. The number of rotatable bonds is 2. The molecule has 1 aliphatic carbocycles. The maximum Gasteiger partial charge on any atom is 0.323 e. The second-order valence-electron chi connectivity index (χ2n) is 7.38. The fourth-order valence-electron chi connectivity index (χ4n) is 3.66. The number of nitrogens with two attached hydrogens (primary N) is 1. The summed E-state index contributed by atoms with van der Waals surface area (Å²) in [6.45, 7) is 10.0. The molecule has 5 nitrogen and oxygen atoms in total. The van der Waals surface area contributed by atoms with Gasteiger partial charge in [0.05, 0.1) is 11.2 Å². The van der Waals surface area contributed by atoms with Gasteiger partial charge in [-0.25, -0.2) is 0 Å². The SMILES string of the molecule is CC1(C)CN(C2CCC(N)(C(=O)O)C2)CC(C)(C)O1. The fourth-order valence-corrected chi connectivity index (χ4v) is 3.66. The van der Waals surface area contributed by atoms with Gasteiger partial charge in [0.2, 0.25) is 0 Å². The Labute approximate surface area is 115 Å². The summed E-state index contributed by atoms with van der Waals surface area (Å²) in [5, 5.41) is 9.23. The average molecular weight is 270 g/mol. The quantitative estimate of drug-likeness (QED) is 0.789. The van der Waals surface area contributed by atoms with Crippen molar-refractivity contribution in [3.63, 3.8) is 0 Å². The van der Waals surface area contributed by atoms with E-state index in [2.05, 4.69) is 32.6 Å². The van der Waals surface area contributed by atoms with Crippen molar-refractivity contribution >= 4 is 5.97 Å². The van der Waals surface area contributed by atoms with Gasteiger partial charge in [-0.15, -0.1) is 0 Å². The molecule has 1 saturated carbocycles. The normalized spacial score (nSPS) is 38.3. The van der Waals surface area contributed by atoms with Gasteiger partial charge in [0.1, 0.15) is 5.54 Å². The van der Waals surface area contributed by atoms with Crippen molar-refractivity contribution in [2.24, 2.45) is 5.73 Å². The van der Waals surface area contributed by atoms with E-state index in [1.54, 1.807) is 0 Å². The highest BCUT2D eigenvalue weighted by Crippen LogP contribution is 2.36. The number of carboxylic acids is 1. The van der Waals surface area contributed by atoms with E-state index in [1.165, 1.54) is 0 Å². The Morgan fingerprint density at radius 3 is 2.21 bits per heavy atom. The summed E-state index contributed by atoms with van der Waals surface area (Å²) in [6.07, 6.45) is 1.95. The lowest BCUT2D eigenvalue weighted by molar-refractivity contribution is -0.187. The van der Waals surface area contributed by atoms with Crippen LogP contribution in [0.15, 0.2) is 0 Å².